The molecule has 1 aromatic heterocycles. The maximum absolute atomic E-state index is 14.1. The fourth-order valence-electron chi connectivity index (χ4n) is 5.36. The molecule has 0 atom stereocenters. The Morgan fingerprint density at radius 3 is 2.17 bits per heavy atom. The highest BCUT2D eigenvalue weighted by atomic mass is 32.2. The highest BCUT2D eigenvalue weighted by Crippen LogP contribution is 2.39. The van der Waals surface area contributed by atoms with E-state index in [4.69, 9.17) is 14.5 Å². The van der Waals surface area contributed by atoms with Crippen LogP contribution in [0, 0.1) is 18.3 Å². The van der Waals surface area contributed by atoms with Crippen LogP contribution in [0.2, 0.25) is 0 Å². The number of aromatic nitrogens is 1. The number of rotatable bonds is 9. The first-order valence-electron chi connectivity index (χ1n) is 14.7. The van der Waals surface area contributed by atoms with Crippen molar-refractivity contribution in [3.63, 3.8) is 0 Å². The minimum absolute atomic E-state index is 0.0616. The average Bonchev–Trinajstić information content (AvgIpc) is 3.10. The van der Waals surface area contributed by atoms with Crippen LogP contribution in [0.1, 0.15) is 11.1 Å². The molecular formula is C39H31N3O3S. The number of methoxy groups -OCH3 is 2. The van der Waals surface area contributed by atoms with Crippen LogP contribution in [0.3, 0.4) is 0 Å². The smallest absolute Gasteiger partial charge is 0.241 e. The number of thioether (sulfide) groups is 1. The summed E-state index contributed by atoms with van der Waals surface area (Å²) in [7, 11) is 3.17. The van der Waals surface area contributed by atoms with Gasteiger partial charge in [0.2, 0.25) is 5.91 Å². The van der Waals surface area contributed by atoms with E-state index in [1.165, 1.54) is 11.8 Å². The van der Waals surface area contributed by atoms with Gasteiger partial charge >= 0.3 is 0 Å². The van der Waals surface area contributed by atoms with Crippen LogP contribution in [-0.4, -0.2) is 30.9 Å². The Kier molecular flexibility index (Phi) is 9.00. The third-order valence-electron chi connectivity index (χ3n) is 7.73. The number of para-hydroxylation sites is 1. The third kappa shape index (κ3) is 6.30. The van der Waals surface area contributed by atoms with E-state index < -0.39 is 0 Å². The van der Waals surface area contributed by atoms with Gasteiger partial charge in [-0.2, -0.15) is 5.26 Å². The molecule has 0 fully saturated rings. The molecule has 1 heterocycles. The number of nitriles is 1. The first kappa shape index (κ1) is 30.4. The Labute approximate surface area is 272 Å². The van der Waals surface area contributed by atoms with Crippen molar-refractivity contribution in [3.8, 4) is 40.0 Å². The largest absolute Gasteiger partial charge is 0.493 e. The van der Waals surface area contributed by atoms with Crippen LogP contribution in [0.25, 0.3) is 33.2 Å². The van der Waals surface area contributed by atoms with Crippen LogP contribution >= 0.6 is 11.8 Å². The van der Waals surface area contributed by atoms with Crippen molar-refractivity contribution < 1.29 is 14.3 Å². The number of aryl methyl sites for hydroxylation is 1. The highest BCUT2D eigenvalue weighted by molar-refractivity contribution is 8.00. The quantitative estimate of drug-likeness (QED) is 0.150. The zero-order valence-corrected chi connectivity index (χ0v) is 26.5. The molecule has 0 radical (unpaired) electrons. The van der Waals surface area contributed by atoms with Gasteiger partial charge < -0.3 is 9.47 Å². The van der Waals surface area contributed by atoms with Crippen molar-refractivity contribution >= 4 is 39.8 Å². The van der Waals surface area contributed by atoms with Gasteiger partial charge in [-0.1, -0.05) is 96.2 Å². The topological polar surface area (TPSA) is 75.5 Å². The number of benzene rings is 5. The van der Waals surface area contributed by atoms with E-state index in [9.17, 15) is 10.1 Å². The van der Waals surface area contributed by atoms with Crippen LogP contribution < -0.4 is 14.4 Å². The normalized spacial score (nSPS) is 10.7. The molecule has 0 aliphatic heterocycles. The number of anilines is 2. The Morgan fingerprint density at radius 2 is 1.46 bits per heavy atom. The van der Waals surface area contributed by atoms with Gasteiger partial charge in [0, 0.05) is 22.5 Å². The molecule has 6 aromatic rings. The first-order chi connectivity index (χ1) is 22.5. The number of amides is 1. The molecule has 0 saturated carbocycles. The summed E-state index contributed by atoms with van der Waals surface area (Å²) in [4.78, 5) is 20.8. The SMILES string of the molecule is COc1ccc(-c2cc(-c3ccc(C)cc3)nc(SCC(=O)N(c3ccccc3)c3ccc4ccccc4c3)c2C#N)cc1OC. The molecule has 0 spiro atoms. The monoisotopic (exact) mass is 621 g/mol. The molecule has 0 N–H and O–H groups in total. The second-order valence-corrected chi connectivity index (χ2v) is 11.6. The van der Waals surface area contributed by atoms with Crippen molar-refractivity contribution in [2.24, 2.45) is 0 Å². The molecule has 6 nitrogen and oxygen atoms in total. The van der Waals surface area contributed by atoms with Gasteiger partial charge in [-0.25, -0.2) is 4.98 Å². The maximum Gasteiger partial charge on any atom is 0.241 e. The Balaban J connectivity index is 1.41. The van der Waals surface area contributed by atoms with E-state index >= 15 is 0 Å². The molecule has 5 aromatic carbocycles. The van der Waals surface area contributed by atoms with E-state index in [0.717, 1.165) is 38.8 Å². The van der Waals surface area contributed by atoms with Gasteiger partial charge in [-0.3, -0.25) is 9.69 Å². The lowest BCUT2D eigenvalue weighted by Gasteiger charge is -2.23. The summed E-state index contributed by atoms with van der Waals surface area (Å²) in [5, 5.41) is 13.1. The van der Waals surface area contributed by atoms with Gasteiger partial charge in [-0.15, -0.1) is 0 Å². The number of ether oxygens (including phenoxy) is 2. The van der Waals surface area contributed by atoms with Crippen molar-refractivity contribution in [2.75, 3.05) is 24.9 Å². The molecule has 0 saturated heterocycles. The lowest BCUT2D eigenvalue weighted by molar-refractivity contribution is -0.115. The highest BCUT2D eigenvalue weighted by Gasteiger charge is 2.22. The number of nitrogens with zero attached hydrogens (tertiary/aromatic N) is 3. The third-order valence-corrected chi connectivity index (χ3v) is 8.69. The van der Waals surface area contributed by atoms with E-state index in [1.54, 1.807) is 19.1 Å². The van der Waals surface area contributed by atoms with Gasteiger partial charge in [0.25, 0.3) is 0 Å². The summed E-state index contributed by atoms with van der Waals surface area (Å²) < 4.78 is 11.0. The van der Waals surface area contributed by atoms with Crippen LogP contribution in [0.4, 0.5) is 11.4 Å². The minimum Gasteiger partial charge on any atom is -0.493 e. The molecule has 0 aliphatic rings. The molecule has 1 amide bonds. The molecule has 46 heavy (non-hydrogen) atoms. The van der Waals surface area contributed by atoms with E-state index in [0.29, 0.717) is 33.3 Å². The number of pyridine rings is 1. The molecule has 0 unspecified atom stereocenters. The number of fused-ring (bicyclic) bond motifs is 1. The number of carbonyl (C=O) groups excluding carboxylic acids is 1. The molecule has 0 aliphatic carbocycles. The molecule has 7 heteroatoms. The van der Waals surface area contributed by atoms with Crippen LogP contribution in [0.15, 0.2) is 126 Å². The van der Waals surface area contributed by atoms with Gasteiger partial charge in [0.1, 0.15) is 11.1 Å². The predicted octanol–water partition coefficient (Wildman–Crippen LogP) is 9.22. The van der Waals surface area contributed by atoms with E-state index in [-0.39, 0.29) is 11.7 Å². The Bertz CT molecular complexity index is 2070. The first-order valence-corrected chi connectivity index (χ1v) is 15.7. The number of hydrogen-bond acceptors (Lipinski definition) is 6. The zero-order valence-electron chi connectivity index (χ0n) is 25.7. The number of hydrogen-bond donors (Lipinski definition) is 0. The van der Waals surface area contributed by atoms with Crippen molar-refractivity contribution in [2.45, 2.75) is 11.9 Å². The Morgan fingerprint density at radius 1 is 0.761 bits per heavy atom. The van der Waals surface area contributed by atoms with Gasteiger partial charge in [-0.05, 0) is 65.7 Å². The van der Waals surface area contributed by atoms with E-state index in [2.05, 4.69) is 12.1 Å². The van der Waals surface area contributed by atoms with Crippen molar-refractivity contribution in [1.29, 1.82) is 5.26 Å². The van der Waals surface area contributed by atoms with E-state index in [1.807, 2.05) is 122 Å². The standard InChI is InChI=1S/C39H31N3O3S/c1-26-13-15-28(16-14-26)35-23-33(30-18-20-36(44-2)37(22-30)45-3)34(24-40)39(41-35)46-25-38(43)42(31-11-5-4-6-12-31)32-19-17-27-9-7-8-10-29(27)21-32/h4-23H,25H2,1-3H3. The Hall–Kier alpha value is -5.58. The minimum atomic E-state index is -0.134. The van der Waals surface area contributed by atoms with Gasteiger partial charge in [0.15, 0.2) is 11.5 Å². The van der Waals surface area contributed by atoms with Crippen molar-refractivity contribution in [3.05, 3.63) is 132 Å². The molecule has 0 bridgehead atoms. The second kappa shape index (κ2) is 13.6. The van der Waals surface area contributed by atoms with Crippen LogP contribution in [-0.2, 0) is 4.79 Å². The lowest BCUT2D eigenvalue weighted by atomic mass is 9.98. The van der Waals surface area contributed by atoms with Crippen molar-refractivity contribution in [1.82, 2.24) is 4.98 Å². The molecular weight excluding hydrogens is 591 g/mol. The fourth-order valence-corrected chi connectivity index (χ4v) is 6.21. The second-order valence-electron chi connectivity index (χ2n) is 10.7. The maximum atomic E-state index is 14.1. The summed E-state index contributed by atoms with van der Waals surface area (Å²) in [6.07, 6.45) is 0. The summed E-state index contributed by atoms with van der Waals surface area (Å²) in [6, 6.07) is 41.6. The van der Waals surface area contributed by atoms with Gasteiger partial charge in [0.05, 0.1) is 31.2 Å². The molecule has 226 valence electrons. The zero-order chi connectivity index (χ0) is 32.0. The number of carbonyl (C=O) groups is 1. The summed E-state index contributed by atoms with van der Waals surface area (Å²) >= 11 is 1.26. The van der Waals surface area contributed by atoms with Crippen LogP contribution in [0.5, 0.6) is 11.5 Å². The molecule has 6 rings (SSSR count). The average molecular weight is 622 g/mol. The fraction of sp³-hybridized carbons (Fsp3) is 0.103. The predicted molar refractivity (Wildman–Crippen MR) is 186 cm³/mol. The lowest BCUT2D eigenvalue weighted by Crippen LogP contribution is -2.27. The summed E-state index contributed by atoms with van der Waals surface area (Å²) in [5.74, 6) is 1.07. The summed E-state index contributed by atoms with van der Waals surface area (Å²) in [6.45, 7) is 2.03. The summed E-state index contributed by atoms with van der Waals surface area (Å²) in [5.41, 5.74) is 6.13.